The van der Waals surface area contributed by atoms with Gasteiger partial charge in [-0.05, 0) is 37.8 Å². The second-order valence-corrected chi connectivity index (χ2v) is 3.76. The number of nitrogens with zero attached hydrogens (tertiary/aromatic N) is 1. The topological polar surface area (TPSA) is 35.8 Å². The van der Waals surface area contributed by atoms with E-state index >= 15 is 0 Å². The molecular weight excluding hydrogens is 168 g/mol. The van der Waals surface area contributed by atoms with Crippen molar-refractivity contribution in [2.24, 2.45) is 0 Å². The van der Waals surface area contributed by atoms with Gasteiger partial charge in [0, 0.05) is 0 Å². The predicted molar refractivity (Wildman–Crippen MR) is 55.3 cm³/mol. The maximum Gasteiger partial charge on any atom is 0.0953 e. The fourth-order valence-electron chi connectivity index (χ4n) is 0.963. The maximum absolute atomic E-state index is 8.73. The van der Waals surface area contributed by atoms with E-state index in [9.17, 15) is 0 Å². The molecule has 0 aromatic heterocycles. The molecule has 0 aliphatic carbocycles. The van der Waals surface area contributed by atoms with E-state index in [4.69, 9.17) is 5.26 Å². The summed E-state index contributed by atoms with van der Waals surface area (Å²) in [6, 6.07) is 2.34. The van der Waals surface area contributed by atoms with Crippen molar-refractivity contribution in [1.29, 1.82) is 5.26 Å². The molecule has 1 atom stereocenters. The van der Waals surface area contributed by atoms with Gasteiger partial charge in [0.05, 0.1) is 12.1 Å². The molecule has 0 amide bonds. The van der Waals surface area contributed by atoms with Gasteiger partial charge in [0.25, 0.3) is 0 Å². The van der Waals surface area contributed by atoms with Crippen molar-refractivity contribution in [3.63, 3.8) is 0 Å². The Kier molecular flexibility index (Phi) is 8.74. The third-order valence-electron chi connectivity index (χ3n) is 1.64. The predicted octanol–water partition coefficient (Wildman–Crippen LogP) is 2.02. The van der Waals surface area contributed by atoms with E-state index in [-0.39, 0.29) is 6.04 Å². The fraction of sp³-hybridized carbons (Fsp3) is 0.889. The van der Waals surface area contributed by atoms with Gasteiger partial charge in [-0.3, -0.25) is 0 Å². The van der Waals surface area contributed by atoms with Gasteiger partial charge in [-0.25, -0.2) is 0 Å². The van der Waals surface area contributed by atoms with E-state index in [0.29, 0.717) is 0 Å². The molecule has 70 valence electrons. The Morgan fingerprint density at radius 2 is 2.33 bits per heavy atom. The van der Waals surface area contributed by atoms with Crippen LogP contribution in [0.15, 0.2) is 0 Å². The van der Waals surface area contributed by atoms with Gasteiger partial charge in [0.1, 0.15) is 0 Å². The summed E-state index contributed by atoms with van der Waals surface area (Å²) in [6.07, 6.45) is 5.31. The molecule has 0 aliphatic heterocycles. The molecule has 0 fully saturated rings. The first-order chi connectivity index (χ1) is 5.85. The third kappa shape index (κ3) is 6.51. The molecule has 0 radical (unpaired) electrons. The zero-order valence-corrected chi connectivity index (χ0v) is 8.78. The van der Waals surface area contributed by atoms with Gasteiger partial charge >= 0.3 is 0 Å². The van der Waals surface area contributed by atoms with Gasteiger partial charge in [0.2, 0.25) is 0 Å². The van der Waals surface area contributed by atoms with E-state index in [1.165, 1.54) is 0 Å². The molecule has 0 saturated carbocycles. The first-order valence-corrected chi connectivity index (χ1v) is 5.86. The van der Waals surface area contributed by atoms with Crippen molar-refractivity contribution in [3.8, 4) is 6.07 Å². The molecule has 0 aromatic rings. The lowest BCUT2D eigenvalue weighted by Gasteiger charge is -2.09. The zero-order chi connectivity index (χ0) is 9.23. The number of nitriles is 1. The highest BCUT2D eigenvalue weighted by molar-refractivity contribution is 7.98. The molecule has 0 spiro atoms. The minimum absolute atomic E-state index is 0.0668. The molecule has 0 bridgehead atoms. The summed E-state index contributed by atoms with van der Waals surface area (Å²) in [6.45, 7) is 3.07. The van der Waals surface area contributed by atoms with E-state index in [0.717, 1.165) is 31.6 Å². The molecule has 0 aliphatic rings. The highest BCUT2D eigenvalue weighted by atomic mass is 32.2. The molecule has 3 heteroatoms. The summed E-state index contributed by atoms with van der Waals surface area (Å²) >= 11 is 1.84. The second kappa shape index (κ2) is 8.89. The fourth-order valence-corrected chi connectivity index (χ4v) is 1.42. The highest BCUT2D eigenvalue weighted by Gasteiger charge is 2.03. The van der Waals surface area contributed by atoms with Crippen molar-refractivity contribution >= 4 is 11.8 Å². The molecule has 1 unspecified atom stereocenters. The molecule has 2 nitrogen and oxygen atoms in total. The lowest BCUT2D eigenvalue weighted by molar-refractivity contribution is 0.557. The molecular formula is C9H18N2S. The summed E-state index contributed by atoms with van der Waals surface area (Å²) in [5.41, 5.74) is 0. The molecule has 12 heavy (non-hydrogen) atoms. The van der Waals surface area contributed by atoms with Crippen LogP contribution in [0.4, 0.5) is 0 Å². The summed E-state index contributed by atoms with van der Waals surface area (Å²) in [7, 11) is 0. The Hall–Kier alpha value is -0.200. The van der Waals surface area contributed by atoms with Crippen molar-refractivity contribution in [1.82, 2.24) is 5.32 Å². The quantitative estimate of drug-likeness (QED) is 0.618. The van der Waals surface area contributed by atoms with Gasteiger partial charge in [-0.2, -0.15) is 17.0 Å². The number of rotatable bonds is 7. The van der Waals surface area contributed by atoms with Crippen LogP contribution >= 0.6 is 11.8 Å². The van der Waals surface area contributed by atoms with Crippen LogP contribution in [-0.4, -0.2) is 24.6 Å². The number of nitrogens with one attached hydrogen (secondary N) is 1. The van der Waals surface area contributed by atoms with Gasteiger partial charge in [-0.15, -0.1) is 0 Å². The van der Waals surface area contributed by atoms with Crippen LogP contribution in [0, 0.1) is 11.3 Å². The first kappa shape index (κ1) is 11.8. The first-order valence-electron chi connectivity index (χ1n) is 4.47. The van der Waals surface area contributed by atoms with Gasteiger partial charge in [0.15, 0.2) is 0 Å². The maximum atomic E-state index is 8.73. The third-order valence-corrected chi connectivity index (χ3v) is 2.33. The Balaban J connectivity index is 3.35. The Morgan fingerprint density at radius 1 is 1.58 bits per heavy atom. The van der Waals surface area contributed by atoms with E-state index in [1.54, 1.807) is 0 Å². The van der Waals surface area contributed by atoms with Crippen molar-refractivity contribution in [3.05, 3.63) is 0 Å². The Bertz CT molecular complexity index is 131. The normalized spacial score (nSPS) is 12.4. The largest absolute Gasteiger partial charge is 0.302 e. The summed E-state index contributed by atoms with van der Waals surface area (Å²) in [4.78, 5) is 0. The van der Waals surface area contributed by atoms with Crippen LogP contribution < -0.4 is 5.32 Å². The Morgan fingerprint density at radius 3 is 2.83 bits per heavy atom. The lowest BCUT2D eigenvalue weighted by atomic mass is 10.2. The van der Waals surface area contributed by atoms with Crippen LogP contribution in [-0.2, 0) is 0 Å². The molecule has 0 rings (SSSR count). The molecule has 1 N–H and O–H groups in total. The van der Waals surface area contributed by atoms with Crippen LogP contribution in [0.3, 0.4) is 0 Å². The number of hydrogen-bond acceptors (Lipinski definition) is 3. The monoisotopic (exact) mass is 186 g/mol. The minimum atomic E-state index is 0.0668. The smallest absolute Gasteiger partial charge is 0.0953 e. The number of hydrogen-bond donors (Lipinski definition) is 1. The second-order valence-electron chi connectivity index (χ2n) is 2.77. The lowest BCUT2D eigenvalue weighted by Crippen LogP contribution is -2.28. The zero-order valence-electron chi connectivity index (χ0n) is 7.97. The molecule has 0 aromatic carbocycles. The summed E-state index contributed by atoms with van der Waals surface area (Å²) < 4.78 is 0. The minimum Gasteiger partial charge on any atom is -0.302 e. The van der Waals surface area contributed by atoms with E-state index in [1.807, 2.05) is 11.8 Å². The van der Waals surface area contributed by atoms with Crippen LogP contribution in [0.5, 0.6) is 0 Å². The average molecular weight is 186 g/mol. The molecule has 0 saturated heterocycles. The van der Waals surface area contributed by atoms with Crippen molar-refractivity contribution < 1.29 is 0 Å². The summed E-state index contributed by atoms with van der Waals surface area (Å²) in [5.74, 6) is 1.16. The van der Waals surface area contributed by atoms with Crippen LogP contribution in [0.25, 0.3) is 0 Å². The Labute approximate surface area is 79.7 Å². The molecule has 0 heterocycles. The number of thioether (sulfide) groups is 1. The van der Waals surface area contributed by atoms with E-state index in [2.05, 4.69) is 24.6 Å². The van der Waals surface area contributed by atoms with Crippen LogP contribution in [0.2, 0.25) is 0 Å². The van der Waals surface area contributed by atoms with Gasteiger partial charge < -0.3 is 5.32 Å². The standard InChI is InChI=1S/C9H18N2S/c1-3-6-11-9(8-10)5-4-7-12-2/h9,11H,3-7H2,1-2H3. The average Bonchev–Trinajstić information content (AvgIpc) is 2.11. The van der Waals surface area contributed by atoms with Crippen molar-refractivity contribution in [2.45, 2.75) is 32.2 Å². The highest BCUT2D eigenvalue weighted by Crippen LogP contribution is 2.02. The SMILES string of the molecule is CCCNC(C#N)CCCSC. The van der Waals surface area contributed by atoms with E-state index < -0.39 is 0 Å². The summed E-state index contributed by atoms with van der Waals surface area (Å²) in [5, 5.41) is 11.9. The van der Waals surface area contributed by atoms with Crippen molar-refractivity contribution in [2.75, 3.05) is 18.6 Å². The van der Waals surface area contributed by atoms with Gasteiger partial charge in [-0.1, -0.05) is 6.92 Å². The van der Waals surface area contributed by atoms with Crippen LogP contribution in [0.1, 0.15) is 26.2 Å².